The smallest absolute Gasteiger partial charge is 0.289 e. The van der Waals surface area contributed by atoms with Crippen LogP contribution < -0.4 is 5.32 Å². The number of amides is 2. The van der Waals surface area contributed by atoms with Gasteiger partial charge in [0.1, 0.15) is 0 Å². The van der Waals surface area contributed by atoms with Crippen LogP contribution >= 0.6 is 0 Å². The van der Waals surface area contributed by atoms with Gasteiger partial charge in [-0.05, 0) is 17.7 Å². The van der Waals surface area contributed by atoms with Crippen LogP contribution in [0.25, 0.3) is 0 Å². The lowest BCUT2D eigenvalue weighted by molar-refractivity contribution is -0.121. The Bertz CT molecular complexity index is 950. The van der Waals surface area contributed by atoms with Gasteiger partial charge in [0, 0.05) is 25.9 Å². The van der Waals surface area contributed by atoms with Crippen LogP contribution in [-0.2, 0) is 30.8 Å². The van der Waals surface area contributed by atoms with Crippen LogP contribution in [0.4, 0.5) is 0 Å². The van der Waals surface area contributed by atoms with E-state index in [0.29, 0.717) is 44.8 Å². The number of furan rings is 1. The molecule has 144 valence electrons. The summed E-state index contributed by atoms with van der Waals surface area (Å²) in [5.74, 6) is 0.136. The molecule has 0 unspecified atom stereocenters. The van der Waals surface area contributed by atoms with Crippen LogP contribution in [0, 0.1) is 0 Å². The molecule has 0 aliphatic carbocycles. The minimum absolute atomic E-state index is 0.0371. The van der Waals surface area contributed by atoms with Gasteiger partial charge < -0.3 is 14.6 Å². The third-order valence-electron chi connectivity index (χ3n) is 4.78. The van der Waals surface area contributed by atoms with E-state index in [4.69, 9.17) is 4.42 Å². The summed E-state index contributed by atoms with van der Waals surface area (Å²) in [5.41, 5.74) is 2.69. The van der Waals surface area contributed by atoms with E-state index in [0.717, 1.165) is 17.0 Å². The highest BCUT2D eigenvalue weighted by atomic mass is 16.3. The Hall–Kier alpha value is -3.42. The SMILES string of the molecule is O=C(CCc1nnn2c1CN(C(=O)c1ccco1)CC2)NCc1ccccc1. The first-order valence-electron chi connectivity index (χ1n) is 9.25. The Balaban J connectivity index is 1.34. The third kappa shape index (κ3) is 3.95. The van der Waals surface area contributed by atoms with E-state index in [1.54, 1.807) is 17.0 Å². The number of nitrogens with one attached hydrogen (secondary N) is 1. The summed E-state index contributed by atoms with van der Waals surface area (Å²) in [7, 11) is 0. The van der Waals surface area contributed by atoms with Crippen LogP contribution in [-0.4, -0.2) is 38.3 Å². The Labute approximate surface area is 162 Å². The fourth-order valence-corrected chi connectivity index (χ4v) is 3.24. The number of aryl methyl sites for hydroxylation is 1. The lowest BCUT2D eigenvalue weighted by Gasteiger charge is -2.27. The number of carbonyl (C=O) groups is 2. The molecule has 0 saturated carbocycles. The van der Waals surface area contributed by atoms with Gasteiger partial charge in [-0.15, -0.1) is 5.10 Å². The van der Waals surface area contributed by atoms with E-state index in [1.165, 1.54) is 6.26 Å². The average molecular weight is 379 g/mol. The number of hydrogen-bond acceptors (Lipinski definition) is 5. The van der Waals surface area contributed by atoms with Crippen molar-refractivity contribution in [3.05, 3.63) is 71.4 Å². The van der Waals surface area contributed by atoms with Crippen molar-refractivity contribution in [2.24, 2.45) is 0 Å². The number of fused-ring (bicyclic) bond motifs is 1. The first-order valence-corrected chi connectivity index (χ1v) is 9.25. The lowest BCUT2D eigenvalue weighted by atomic mass is 10.1. The molecule has 0 fully saturated rings. The Morgan fingerprint density at radius 3 is 2.75 bits per heavy atom. The Kier molecular flexibility index (Phi) is 5.18. The van der Waals surface area contributed by atoms with Gasteiger partial charge in [-0.1, -0.05) is 35.5 Å². The highest BCUT2D eigenvalue weighted by Gasteiger charge is 2.26. The largest absolute Gasteiger partial charge is 0.459 e. The summed E-state index contributed by atoms with van der Waals surface area (Å²) in [6.45, 7) is 2.04. The van der Waals surface area contributed by atoms with Gasteiger partial charge in [-0.3, -0.25) is 9.59 Å². The van der Waals surface area contributed by atoms with E-state index in [1.807, 2.05) is 35.0 Å². The summed E-state index contributed by atoms with van der Waals surface area (Å²) in [5, 5.41) is 11.3. The lowest BCUT2D eigenvalue weighted by Crippen LogP contribution is -2.38. The molecule has 0 radical (unpaired) electrons. The molecular weight excluding hydrogens is 358 g/mol. The maximum Gasteiger partial charge on any atom is 0.289 e. The van der Waals surface area contributed by atoms with Crippen molar-refractivity contribution in [3.8, 4) is 0 Å². The van der Waals surface area contributed by atoms with Crippen LogP contribution in [0.3, 0.4) is 0 Å². The highest BCUT2D eigenvalue weighted by Crippen LogP contribution is 2.18. The molecule has 1 N–H and O–H groups in total. The van der Waals surface area contributed by atoms with Gasteiger partial charge in [0.2, 0.25) is 5.91 Å². The van der Waals surface area contributed by atoms with Gasteiger partial charge in [0.25, 0.3) is 5.91 Å². The standard InChI is InChI=1S/C20H21N5O3/c26-19(21-13-15-5-2-1-3-6-15)9-8-16-17-14-24(10-11-25(17)23-22-16)20(27)18-7-4-12-28-18/h1-7,12H,8-11,13-14H2,(H,21,26). The first kappa shape index (κ1) is 18.0. The number of carbonyl (C=O) groups excluding carboxylic acids is 2. The summed E-state index contributed by atoms with van der Waals surface area (Å²) in [6.07, 6.45) is 2.30. The highest BCUT2D eigenvalue weighted by molar-refractivity contribution is 5.91. The zero-order valence-electron chi connectivity index (χ0n) is 15.4. The fourth-order valence-electron chi connectivity index (χ4n) is 3.24. The molecule has 1 aliphatic heterocycles. The van der Waals surface area contributed by atoms with E-state index in [-0.39, 0.29) is 11.8 Å². The fraction of sp³-hybridized carbons (Fsp3) is 0.300. The second-order valence-corrected chi connectivity index (χ2v) is 6.67. The molecule has 0 spiro atoms. The number of benzene rings is 1. The zero-order valence-corrected chi connectivity index (χ0v) is 15.4. The monoisotopic (exact) mass is 379 g/mol. The molecule has 2 amide bonds. The second kappa shape index (κ2) is 8.08. The maximum atomic E-state index is 12.5. The Morgan fingerprint density at radius 1 is 1.11 bits per heavy atom. The summed E-state index contributed by atoms with van der Waals surface area (Å²) >= 11 is 0. The van der Waals surface area contributed by atoms with Crippen LogP contribution in [0.2, 0.25) is 0 Å². The van der Waals surface area contributed by atoms with Crippen molar-refractivity contribution in [3.63, 3.8) is 0 Å². The molecule has 1 aliphatic rings. The van der Waals surface area contributed by atoms with Gasteiger partial charge in [0.05, 0.1) is 30.7 Å². The van der Waals surface area contributed by atoms with Gasteiger partial charge >= 0.3 is 0 Å². The van der Waals surface area contributed by atoms with Gasteiger partial charge in [0.15, 0.2) is 5.76 Å². The van der Waals surface area contributed by atoms with E-state index in [9.17, 15) is 9.59 Å². The number of hydrogen-bond donors (Lipinski definition) is 1. The summed E-state index contributed by atoms with van der Waals surface area (Å²) < 4.78 is 7.02. The van der Waals surface area contributed by atoms with Crippen LogP contribution in [0.15, 0.2) is 53.1 Å². The molecule has 1 aromatic carbocycles. The molecular formula is C20H21N5O3. The quantitative estimate of drug-likeness (QED) is 0.705. The second-order valence-electron chi connectivity index (χ2n) is 6.67. The van der Waals surface area contributed by atoms with E-state index in [2.05, 4.69) is 15.6 Å². The normalized spacial score (nSPS) is 13.2. The molecule has 8 heteroatoms. The molecule has 3 aromatic rings. The van der Waals surface area contributed by atoms with Crippen molar-refractivity contribution in [2.75, 3.05) is 6.54 Å². The van der Waals surface area contributed by atoms with Crippen molar-refractivity contribution in [2.45, 2.75) is 32.5 Å². The molecule has 4 rings (SSSR count). The third-order valence-corrected chi connectivity index (χ3v) is 4.78. The number of nitrogens with zero attached hydrogens (tertiary/aromatic N) is 4. The van der Waals surface area contributed by atoms with Gasteiger partial charge in [-0.25, -0.2) is 4.68 Å². The molecule has 0 bridgehead atoms. The van der Waals surface area contributed by atoms with Crippen molar-refractivity contribution >= 4 is 11.8 Å². The zero-order chi connectivity index (χ0) is 19.3. The van der Waals surface area contributed by atoms with E-state index >= 15 is 0 Å². The summed E-state index contributed by atoms with van der Waals surface area (Å²) in [4.78, 5) is 26.4. The number of aromatic nitrogens is 3. The Morgan fingerprint density at radius 2 is 1.96 bits per heavy atom. The minimum atomic E-state index is -0.149. The maximum absolute atomic E-state index is 12.5. The predicted octanol–water partition coefficient (Wildman–Crippen LogP) is 1.78. The summed E-state index contributed by atoms with van der Waals surface area (Å²) in [6, 6.07) is 13.1. The topological polar surface area (TPSA) is 93.3 Å². The van der Waals surface area contributed by atoms with E-state index < -0.39 is 0 Å². The van der Waals surface area contributed by atoms with Gasteiger partial charge in [-0.2, -0.15) is 0 Å². The molecule has 3 heterocycles. The molecule has 2 aromatic heterocycles. The molecule has 0 saturated heterocycles. The first-order chi connectivity index (χ1) is 13.7. The van der Waals surface area contributed by atoms with Crippen LogP contribution in [0.5, 0.6) is 0 Å². The number of rotatable bonds is 6. The molecule has 0 atom stereocenters. The van der Waals surface area contributed by atoms with Crippen molar-refractivity contribution < 1.29 is 14.0 Å². The molecule has 8 nitrogen and oxygen atoms in total. The van der Waals surface area contributed by atoms with Crippen molar-refractivity contribution in [1.29, 1.82) is 0 Å². The predicted molar refractivity (Wildman–Crippen MR) is 100 cm³/mol. The minimum Gasteiger partial charge on any atom is -0.459 e. The molecule has 28 heavy (non-hydrogen) atoms. The van der Waals surface area contributed by atoms with Crippen LogP contribution in [0.1, 0.15) is 33.9 Å². The van der Waals surface area contributed by atoms with Crippen molar-refractivity contribution in [1.82, 2.24) is 25.2 Å². The average Bonchev–Trinajstić information content (AvgIpc) is 3.40.